The average Bonchev–Trinajstić information content (AvgIpc) is 3.18. The lowest BCUT2D eigenvalue weighted by Gasteiger charge is -2.13. The Morgan fingerprint density at radius 3 is 2.35 bits per heavy atom. The predicted octanol–water partition coefficient (Wildman–Crippen LogP) is 2.07. The molecule has 108 valence electrons. The van der Waals surface area contributed by atoms with Gasteiger partial charge in [-0.05, 0) is 43.0 Å². The maximum absolute atomic E-state index is 12.0. The lowest BCUT2D eigenvalue weighted by Crippen LogP contribution is -2.43. The second-order valence-corrected chi connectivity index (χ2v) is 5.57. The molecule has 0 aliphatic heterocycles. The van der Waals surface area contributed by atoms with Gasteiger partial charge < -0.3 is 15.2 Å². The molecule has 2 rings (SSSR count). The van der Waals surface area contributed by atoms with Crippen LogP contribution in [0.5, 0.6) is 5.75 Å². The van der Waals surface area contributed by atoms with Gasteiger partial charge in [0.15, 0.2) is 0 Å². The highest BCUT2D eigenvalue weighted by Gasteiger charge is 2.51. The molecule has 1 amide bonds. The topological polar surface area (TPSA) is 75.6 Å². The molecule has 20 heavy (non-hydrogen) atoms. The quantitative estimate of drug-likeness (QED) is 0.834. The molecule has 0 bridgehead atoms. The SMILES string of the molecule is CC(C)COc1ccc(C(=O)NC2(C(=O)O)CC2)cc1. The predicted molar refractivity (Wildman–Crippen MR) is 73.8 cm³/mol. The number of amides is 1. The number of carboxylic acid groups (broad SMARTS) is 1. The van der Waals surface area contributed by atoms with E-state index in [4.69, 9.17) is 9.84 Å². The first-order chi connectivity index (χ1) is 9.43. The Balaban J connectivity index is 1.96. The highest BCUT2D eigenvalue weighted by molar-refractivity contribution is 5.98. The molecule has 0 aromatic heterocycles. The van der Waals surface area contributed by atoms with E-state index in [9.17, 15) is 9.59 Å². The summed E-state index contributed by atoms with van der Waals surface area (Å²) in [5, 5.41) is 11.6. The number of nitrogens with one attached hydrogen (secondary N) is 1. The fourth-order valence-electron chi connectivity index (χ4n) is 1.77. The second-order valence-electron chi connectivity index (χ2n) is 5.57. The van der Waals surface area contributed by atoms with Gasteiger partial charge in [-0.15, -0.1) is 0 Å². The van der Waals surface area contributed by atoms with Gasteiger partial charge in [0, 0.05) is 5.56 Å². The van der Waals surface area contributed by atoms with E-state index < -0.39 is 11.5 Å². The number of hydrogen-bond acceptors (Lipinski definition) is 3. The minimum Gasteiger partial charge on any atom is -0.493 e. The van der Waals surface area contributed by atoms with E-state index in [1.165, 1.54) is 0 Å². The summed E-state index contributed by atoms with van der Waals surface area (Å²) in [6.45, 7) is 4.74. The van der Waals surface area contributed by atoms with Crippen LogP contribution in [0, 0.1) is 5.92 Å². The summed E-state index contributed by atoms with van der Waals surface area (Å²) in [4.78, 5) is 23.0. The van der Waals surface area contributed by atoms with Crippen molar-refractivity contribution in [1.82, 2.24) is 5.32 Å². The number of carbonyl (C=O) groups is 2. The summed E-state index contributed by atoms with van der Waals surface area (Å²) < 4.78 is 5.53. The van der Waals surface area contributed by atoms with E-state index in [0.29, 0.717) is 36.7 Å². The Morgan fingerprint density at radius 2 is 1.90 bits per heavy atom. The van der Waals surface area contributed by atoms with Gasteiger partial charge in [-0.2, -0.15) is 0 Å². The van der Waals surface area contributed by atoms with Crippen LogP contribution in [0.25, 0.3) is 0 Å². The minimum absolute atomic E-state index is 0.361. The summed E-state index contributed by atoms with van der Waals surface area (Å²) in [6, 6.07) is 6.72. The fraction of sp³-hybridized carbons (Fsp3) is 0.467. The number of carbonyl (C=O) groups excluding carboxylic acids is 1. The van der Waals surface area contributed by atoms with Crippen LogP contribution in [-0.2, 0) is 4.79 Å². The maximum atomic E-state index is 12.0. The monoisotopic (exact) mass is 277 g/mol. The molecule has 2 N–H and O–H groups in total. The molecule has 0 atom stereocenters. The summed E-state index contributed by atoms with van der Waals surface area (Å²) in [7, 11) is 0. The molecule has 0 unspecified atom stereocenters. The molecule has 0 saturated heterocycles. The Morgan fingerprint density at radius 1 is 1.30 bits per heavy atom. The van der Waals surface area contributed by atoms with Crippen LogP contribution in [0.15, 0.2) is 24.3 Å². The van der Waals surface area contributed by atoms with E-state index in [2.05, 4.69) is 19.2 Å². The first-order valence-corrected chi connectivity index (χ1v) is 6.72. The summed E-state index contributed by atoms with van der Waals surface area (Å²) in [5.74, 6) is -0.194. The average molecular weight is 277 g/mol. The molecule has 0 heterocycles. The van der Waals surface area contributed by atoms with Gasteiger partial charge in [-0.1, -0.05) is 13.8 Å². The Hall–Kier alpha value is -2.04. The molecular formula is C15H19NO4. The normalized spacial score (nSPS) is 15.8. The van der Waals surface area contributed by atoms with Crippen molar-refractivity contribution in [3.8, 4) is 5.75 Å². The minimum atomic E-state index is -1.05. The Labute approximate surface area is 117 Å². The number of rotatable bonds is 6. The third kappa shape index (κ3) is 3.29. The van der Waals surface area contributed by atoms with Gasteiger partial charge in [0.1, 0.15) is 11.3 Å². The summed E-state index contributed by atoms with van der Waals surface area (Å²) >= 11 is 0. The van der Waals surface area contributed by atoms with Crippen molar-refractivity contribution in [3.63, 3.8) is 0 Å². The van der Waals surface area contributed by atoms with E-state index in [-0.39, 0.29) is 5.91 Å². The van der Waals surface area contributed by atoms with Crippen molar-refractivity contribution < 1.29 is 19.4 Å². The summed E-state index contributed by atoms with van der Waals surface area (Å²) in [5.41, 5.74) is -0.612. The van der Waals surface area contributed by atoms with Crippen LogP contribution in [0.3, 0.4) is 0 Å². The molecule has 5 nitrogen and oxygen atoms in total. The van der Waals surface area contributed by atoms with Crippen LogP contribution in [0.4, 0.5) is 0 Å². The zero-order valence-electron chi connectivity index (χ0n) is 11.7. The smallest absolute Gasteiger partial charge is 0.329 e. The Kier molecular flexibility index (Phi) is 3.97. The van der Waals surface area contributed by atoms with Crippen molar-refractivity contribution >= 4 is 11.9 Å². The van der Waals surface area contributed by atoms with Crippen LogP contribution in [0.1, 0.15) is 37.0 Å². The number of hydrogen-bond donors (Lipinski definition) is 2. The molecule has 1 aromatic carbocycles. The molecule has 5 heteroatoms. The number of aliphatic carboxylic acids is 1. The van der Waals surface area contributed by atoms with Gasteiger partial charge >= 0.3 is 5.97 Å². The van der Waals surface area contributed by atoms with Gasteiger partial charge in [0.2, 0.25) is 0 Å². The number of carboxylic acids is 1. The first-order valence-electron chi connectivity index (χ1n) is 6.72. The van der Waals surface area contributed by atoms with Crippen LogP contribution < -0.4 is 10.1 Å². The largest absolute Gasteiger partial charge is 0.493 e. The number of benzene rings is 1. The molecule has 1 saturated carbocycles. The number of ether oxygens (including phenoxy) is 1. The van der Waals surface area contributed by atoms with E-state index in [1.807, 2.05) is 0 Å². The zero-order valence-corrected chi connectivity index (χ0v) is 11.7. The molecule has 0 radical (unpaired) electrons. The fourth-order valence-corrected chi connectivity index (χ4v) is 1.77. The van der Waals surface area contributed by atoms with E-state index in [0.717, 1.165) is 0 Å². The second kappa shape index (κ2) is 5.53. The third-order valence-electron chi connectivity index (χ3n) is 3.21. The summed E-state index contributed by atoms with van der Waals surface area (Å²) in [6.07, 6.45) is 0.979. The van der Waals surface area contributed by atoms with Crippen molar-refractivity contribution in [2.24, 2.45) is 5.92 Å². The van der Waals surface area contributed by atoms with Crippen molar-refractivity contribution in [3.05, 3.63) is 29.8 Å². The molecule has 1 aliphatic rings. The molecule has 1 aliphatic carbocycles. The van der Waals surface area contributed by atoms with Crippen LogP contribution in [0.2, 0.25) is 0 Å². The lowest BCUT2D eigenvalue weighted by molar-refractivity contribution is -0.140. The molecule has 1 fully saturated rings. The van der Waals surface area contributed by atoms with E-state index >= 15 is 0 Å². The molecule has 1 aromatic rings. The van der Waals surface area contributed by atoms with Crippen molar-refractivity contribution in [2.45, 2.75) is 32.2 Å². The third-order valence-corrected chi connectivity index (χ3v) is 3.21. The van der Waals surface area contributed by atoms with Gasteiger partial charge in [-0.3, -0.25) is 4.79 Å². The molecule has 0 spiro atoms. The van der Waals surface area contributed by atoms with Crippen molar-refractivity contribution in [1.29, 1.82) is 0 Å². The Bertz CT molecular complexity index is 503. The van der Waals surface area contributed by atoms with Crippen LogP contribution in [-0.4, -0.2) is 29.1 Å². The first kappa shape index (κ1) is 14.4. The van der Waals surface area contributed by atoms with Gasteiger partial charge in [-0.25, -0.2) is 4.79 Å². The molecular weight excluding hydrogens is 258 g/mol. The van der Waals surface area contributed by atoms with Crippen molar-refractivity contribution in [2.75, 3.05) is 6.61 Å². The maximum Gasteiger partial charge on any atom is 0.329 e. The standard InChI is InChI=1S/C15H19NO4/c1-10(2)9-20-12-5-3-11(4-6-12)13(17)16-15(7-8-15)14(18)19/h3-6,10H,7-9H2,1-2H3,(H,16,17)(H,18,19). The van der Waals surface area contributed by atoms with E-state index in [1.54, 1.807) is 24.3 Å². The van der Waals surface area contributed by atoms with Crippen LogP contribution >= 0.6 is 0 Å². The zero-order chi connectivity index (χ0) is 14.8. The lowest BCUT2D eigenvalue weighted by atomic mass is 10.1. The highest BCUT2D eigenvalue weighted by atomic mass is 16.5. The van der Waals surface area contributed by atoms with Gasteiger partial charge in [0.05, 0.1) is 6.61 Å². The van der Waals surface area contributed by atoms with Gasteiger partial charge in [0.25, 0.3) is 5.91 Å². The highest BCUT2D eigenvalue weighted by Crippen LogP contribution is 2.35.